The third-order valence-electron chi connectivity index (χ3n) is 1.60. The number of benzene rings is 1. The Labute approximate surface area is 79.0 Å². The maximum atomic E-state index is 12.9. The summed E-state index contributed by atoms with van der Waals surface area (Å²) >= 11 is 3.12. The first-order chi connectivity index (χ1) is 5.65. The van der Waals surface area contributed by atoms with Crippen molar-refractivity contribution in [2.45, 2.75) is 11.8 Å². The lowest BCUT2D eigenvalue weighted by Gasteiger charge is -2.02. The van der Waals surface area contributed by atoms with Gasteiger partial charge in [0.1, 0.15) is 10.6 Å². The standard InChI is InChI=1S/C9H7BrFN/c1-6-2-3-7(4-9(6)11)8(10)5-12/h2-4,8H,1H3. The monoisotopic (exact) mass is 227 g/mol. The molecule has 0 heterocycles. The zero-order valence-corrected chi connectivity index (χ0v) is 8.10. The summed E-state index contributed by atoms with van der Waals surface area (Å²) in [4.78, 5) is -0.424. The molecule has 12 heavy (non-hydrogen) atoms. The maximum absolute atomic E-state index is 12.9. The van der Waals surface area contributed by atoms with Gasteiger partial charge in [-0.2, -0.15) is 5.26 Å². The van der Waals surface area contributed by atoms with E-state index < -0.39 is 4.83 Å². The molecule has 1 aromatic carbocycles. The predicted molar refractivity (Wildman–Crippen MR) is 48.4 cm³/mol. The lowest BCUT2D eigenvalue weighted by Crippen LogP contribution is -1.89. The van der Waals surface area contributed by atoms with Crippen molar-refractivity contribution in [3.8, 4) is 6.07 Å². The highest BCUT2D eigenvalue weighted by Crippen LogP contribution is 2.22. The third kappa shape index (κ3) is 1.83. The molecule has 0 fully saturated rings. The number of hydrogen-bond donors (Lipinski definition) is 0. The molecule has 0 radical (unpaired) electrons. The van der Waals surface area contributed by atoms with Crippen molar-refractivity contribution in [2.75, 3.05) is 0 Å². The van der Waals surface area contributed by atoms with Crippen LogP contribution < -0.4 is 0 Å². The molecule has 0 bridgehead atoms. The Bertz CT molecular complexity index is 330. The molecule has 0 N–H and O–H groups in total. The summed E-state index contributed by atoms with van der Waals surface area (Å²) in [5.74, 6) is -0.271. The van der Waals surface area contributed by atoms with Crippen LogP contribution in [0.25, 0.3) is 0 Å². The molecule has 0 saturated carbocycles. The Hall–Kier alpha value is -0.880. The SMILES string of the molecule is Cc1ccc(C(Br)C#N)cc1F. The van der Waals surface area contributed by atoms with Crippen LogP contribution in [0.5, 0.6) is 0 Å². The van der Waals surface area contributed by atoms with E-state index in [-0.39, 0.29) is 5.82 Å². The van der Waals surface area contributed by atoms with Gasteiger partial charge in [-0.25, -0.2) is 4.39 Å². The lowest BCUT2D eigenvalue weighted by molar-refractivity contribution is 0.617. The number of rotatable bonds is 1. The molecule has 0 spiro atoms. The fraction of sp³-hybridized carbons (Fsp3) is 0.222. The van der Waals surface area contributed by atoms with Crippen LogP contribution in [0.3, 0.4) is 0 Å². The van der Waals surface area contributed by atoms with E-state index >= 15 is 0 Å². The van der Waals surface area contributed by atoms with Crippen molar-refractivity contribution in [1.82, 2.24) is 0 Å². The molecule has 0 aliphatic rings. The Kier molecular flexibility index (Phi) is 2.83. The van der Waals surface area contributed by atoms with Crippen molar-refractivity contribution in [3.05, 3.63) is 35.1 Å². The summed E-state index contributed by atoms with van der Waals surface area (Å²) in [7, 11) is 0. The van der Waals surface area contributed by atoms with Crippen LogP contribution in [0.2, 0.25) is 0 Å². The third-order valence-corrected chi connectivity index (χ3v) is 2.34. The molecule has 1 aromatic rings. The molecular formula is C9H7BrFN. The molecule has 0 aromatic heterocycles. The number of halogens is 2. The predicted octanol–water partition coefficient (Wildman–Crippen LogP) is 3.09. The smallest absolute Gasteiger partial charge is 0.126 e. The Morgan fingerprint density at radius 1 is 1.58 bits per heavy atom. The highest BCUT2D eigenvalue weighted by atomic mass is 79.9. The van der Waals surface area contributed by atoms with E-state index in [9.17, 15) is 4.39 Å². The van der Waals surface area contributed by atoms with Crippen molar-refractivity contribution in [2.24, 2.45) is 0 Å². The fourth-order valence-corrected chi connectivity index (χ4v) is 1.13. The van der Waals surface area contributed by atoms with Gasteiger partial charge in [-0.1, -0.05) is 28.1 Å². The molecule has 0 aliphatic carbocycles. The van der Waals surface area contributed by atoms with Crippen LogP contribution in [0.1, 0.15) is 16.0 Å². The van der Waals surface area contributed by atoms with E-state index in [0.29, 0.717) is 11.1 Å². The van der Waals surface area contributed by atoms with Crippen LogP contribution in [-0.2, 0) is 0 Å². The maximum Gasteiger partial charge on any atom is 0.126 e. The average molecular weight is 228 g/mol. The molecule has 0 saturated heterocycles. The van der Waals surface area contributed by atoms with E-state index in [1.165, 1.54) is 6.07 Å². The first-order valence-electron chi connectivity index (χ1n) is 3.45. The van der Waals surface area contributed by atoms with Crippen LogP contribution in [0, 0.1) is 24.1 Å². The highest BCUT2D eigenvalue weighted by molar-refractivity contribution is 9.09. The van der Waals surface area contributed by atoms with E-state index in [4.69, 9.17) is 5.26 Å². The van der Waals surface area contributed by atoms with Gasteiger partial charge in [0.25, 0.3) is 0 Å². The Balaban J connectivity index is 3.06. The van der Waals surface area contributed by atoms with Crippen molar-refractivity contribution in [1.29, 1.82) is 5.26 Å². The van der Waals surface area contributed by atoms with Crippen molar-refractivity contribution < 1.29 is 4.39 Å². The second kappa shape index (κ2) is 3.68. The molecular weight excluding hydrogens is 221 g/mol. The Morgan fingerprint density at radius 2 is 2.25 bits per heavy atom. The summed E-state index contributed by atoms with van der Waals surface area (Å²) in [5, 5.41) is 8.53. The van der Waals surface area contributed by atoms with Gasteiger partial charge in [0.05, 0.1) is 6.07 Å². The van der Waals surface area contributed by atoms with Crippen LogP contribution >= 0.6 is 15.9 Å². The topological polar surface area (TPSA) is 23.8 Å². The zero-order valence-electron chi connectivity index (χ0n) is 6.51. The van der Waals surface area contributed by atoms with Crippen molar-refractivity contribution >= 4 is 15.9 Å². The molecule has 1 nitrogen and oxygen atoms in total. The van der Waals surface area contributed by atoms with Gasteiger partial charge >= 0.3 is 0 Å². The van der Waals surface area contributed by atoms with Gasteiger partial charge in [0.15, 0.2) is 0 Å². The van der Waals surface area contributed by atoms with E-state index in [1.807, 2.05) is 6.07 Å². The van der Waals surface area contributed by atoms with E-state index in [1.54, 1.807) is 19.1 Å². The second-order valence-corrected chi connectivity index (χ2v) is 3.42. The largest absolute Gasteiger partial charge is 0.207 e. The van der Waals surface area contributed by atoms with Crippen LogP contribution in [-0.4, -0.2) is 0 Å². The molecule has 1 atom stereocenters. The van der Waals surface area contributed by atoms with Gasteiger partial charge in [-0.15, -0.1) is 0 Å². The summed E-state index contributed by atoms with van der Waals surface area (Å²) in [5.41, 5.74) is 1.25. The quantitative estimate of drug-likeness (QED) is 0.677. The average Bonchev–Trinajstić information content (AvgIpc) is 2.08. The number of nitrogens with zero attached hydrogens (tertiary/aromatic N) is 1. The minimum Gasteiger partial charge on any atom is -0.207 e. The summed E-state index contributed by atoms with van der Waals surface area (Å²) in [6.07, 6.45) is 0. The normalized spacial score (nSPS) is 12.2. The van der Waals surface area contributed by atoms with Gasteiger partial charge in [0, 0.05) is 0 Å². The number of aryl methyl sites for hydroxylation is 1. The van der Waals surface area contributed by atoms with Crippen LogP contribution in [0.4, 0.5) is 4.39 Å². The van der Waals surface area contributed by atoms with E-state index in [0.717, 1.165) is 0 Å². The minimum atomic E-state index is -0.424. The molecule has 3 heteroatoms. The Morgan fingerprint density at radius 3 is 2.75 bits per heavy atom. The molecule has 1 unspecified atom stereocenters. The van der Waals surface area contributed by atoms with Gasteiger partial charge < -0.3 is 0 Å². The van der Waals surface area contributed by atoms with Gasteiger partial charge in [0.2, 0.25) is 0 Å². The lowest BCUT2D eigenvalue weighted by atomic mass is 10.1. The summed E-state index contributed by atoms with van der Waals surface area (Å²) < 4.78 is 12.9. The van der Waals surface area contributed by atoms with Crippen molar-refractivity contribution in [3.63, 3.8) is 0 Å². The van der Waals surface area contributed by atoms with Gasteiger partial charge in [-0.05, 0) is 24.1 Å². The molecule has 1 rings (SSSR count). The molecule has 0 amide bonds. The summed E-state index contributed by atoms with van der Waals surface area (Å²) in [6.45, 7) is 1.69. The summed E-state index contributed by atoms with van der Waals surface area (Å²) in [6, 6.07) is 6.75. The zero-order chi connectivity index (χ0) is 9.14. The first-order valence-corrected chi connectivity index (χ1v) is 4.36. The number of alkyl halides is 1. The highest BCUT2D eigenvalue weighted by Gasteiger charge is 2.07. The second-order valence-electron chi connectivity index (χ2n) is 2.50. The molecule has 0 aliphatic heterocycles. The number of hydrogen-bond acceptors (Lipinski definition) is 1. The fourth-order valence-electron chi connectivity index (χ4n) is 0.841. The first kappa shape index (κ1) is 9.21. The van der Waals surface area contributed by atoms with Gasteiger partial charge in [-0.3, -0.25) is 0 Å². The minimum absolute atomic E-state index is 0.271. The number of nitriles is 1. The van der Waals surface area contributed by atoms with Crippen LogP contribution in [0.15, 0.2) is 18.2 Å². The van der Waals surface area contributed by atoms with E-state index in [2.05, 4.69) is 15.9 Å². The molecule has 62 valence electrons.